The summed E-state index contributed by atoms with van der Waals surface area (Å²) < 4.78 is 11.4. The third-order valence-corrected chi connectivity index (χ3v) is 7.20. The molecule has 0 aromatic heterocycles. The Hall–Kier alpha value is 1.94. The number of benzene rings is 1. The molecule has 9 heteroatoms. The second kappa shape index (κ2) is 6.40. The van der Waals surface area contributed by atoms with Crippen LogP contribution in [0.2, 0.25) is 25.1 Å². The summed E-state index contributed by atoms with van der Waals surface area (Å²) >= 11 is 33.9. The van der Waals surface area contributed by atoms with E-state index in [9.17, 15) is 4.55 Å². The fraction of sp³-hybridized carbons (Fsp3) is 0.143. The molecule has 90 valence electrons. The first-order valence-electron chi connectivity index (χ1n) is 3.49. The van der Waals surface area contributed by atoms with E-state index in [0.29, 0.717) is 0 Å². The predicted octanol–water partition coefficient (Wildman–Crippen LogP) is 6.13. The average molecular weight is 470 g/mol. The summed E-state index contributed by atoms with van der Waals surface area (Å²) in [6.45, 7) is 0. The lowest BCUT2D eigenvalue weighted by Crippen LogP contribution is -2.10. The Balaban J connectivity index is 3.51. The van der Waals surface area contributed by atoms with Crippen LogP contribution in [0.25, 0.3) is 0 Å². The van der Waals surface area contributed by atoms with E-state index in [2.05, 4.69) is 31.9 Å². The van der Waals surface area contributed by atoms with Crippen LogP contribution < -0.4 is 0 Å². The van der Waals surface area contributed by atoms with Crippen molar-refractivity contribution in [2.45, 2.75) is 7.96 Å². The fourth-order valence-corrected chi connectivity index (χ4v) is 4.41. The lowest BCUT2D eigenvalue weighted by molar-refractivity contribution is 0.599. The molecule has 0 radical (unpaired) electrons. The van der Waals surface area contributed by atoms with Gasteiger partial charge in [-0.25, -0.2) is 0 Å². The number of hydrogen-bond donors (Lipinski definition) is 0. The van der Waals surface area contributed by atoms with E-state index in [1.165, 1.54) is 0 Å². The molecule has 1 nitrogen and oxygen atoms in total. The van der Waals surface area contributed by atoms with Gasteiger partial charge in [-0.3, -0.25) is 0 Å². The van der Waals surface area contributed by atoms with Gasteiger partial charge in [0.05, 0.1) is 15.1 Å². The van der Waals surface area contributed by atoms with E-state index < -0.39 is 14.2 Å². The maximum atomic E-state index is 11.9. The van der Waals surface area contributed by atoms with Crippen molar-refractivity contribution in [3.05, 3.63) is 25.1 Å². The molecule has 0 heterocycles. The summed E-state index contributed by atoms with van der Waals surface area (Å²) in [5.74, 6) is 0. The molecule has 0 aliphatic carbocycles. The van der Waals surface area contributed by atoms with Gasteiger partial charge in [-0.05, 0) is 31.9 Å². The number of hydrogen-bond acceptors (Lipinski definition) is 1. The molecular weight excluding hydrogens is 469 g/mol. The largest absolute Gasteiger partial charge is 0.610 e. The van der Waals surface area contributed by atoms with Gasteiger partial charge in [0.15, 0.2) is 4.90 Å². The van der Waals surface area contributed by atoms with Gasteiger partial charge in [-0.15, -0.1) is 0 Å². The fourth-order valence-electron chi connectivity index (χ4n) is 0.850. The van der Waals surface area contributed by atoms with Gasteiger partial charge in [0.1, 0.15) is 10.0 Å². The lowest BCUT2D eigenvalue weighted by atomic mass is 10.3. The first-order chi connectivity index (χ1) is 7.29. The Morgan fingerprint density at radius 3 is 1.44 bits per heavy atom. The van der Waals surface area contributed by atoms with Crippen molar-refractivity contribution in [1.29, 1.82) is 0 Å². The van der Waals surface area contributed by atoms with Gasteiger partial charge in [-0.2, -0.15) is 0 Å². The van der Waals surface area contributed by atoms with Gasteiger partial charge in [-0.1, -0.05) is 58.0 Å². The lowest BCUT2D eigenvalue weighted by Gasteiger charge is -2.16. The van der Waals surface area contributed by atoms with Crippen LogP contribution in [0.1, 0.15) is 0 Å². The maximum absolute atomic E-state index is 11.9. The van der Waals surface area contributed by atoms with Crippen molar-refractivity contribution < 1.29 is 4.55 Å². The molecule has 0 aliphatic rings. The predicted molar refractivity (Wildman–Crippen MR) is 79.5 cm³/mol. The third kappa shape index (κ3) is 3.09. The van der Waals surface area contributed by atoms with Gasteiger partial charge in [0.25, 0.3) is 0 Å². The van der Waals surface area contributed by atoms with Crippen LogP contribution in [-0.4, -0.2) is 7.62 Å². The second-order valence-electron chi connectivity index (χ2n) is 2.46. The summed E-state index contributed by atoms with van der Waals surface area (Å²) in [7, 11) is 0. The van der Waals surface area contributed by atoms with Crippen LogP contribution >= 0.6 is 89.9 Å². The van der Waals surface area contributed by atoms with E-state index in [1.807, 2.05) is 0 Å². The third-order valence-electron chi connectivity index (χ3n) is 1.53. The van der Waals surface area contributed by atoms with Crippen molar-refractivity contribution in [3.8, 4) is 0 Å². The minimum Gasteiger partial charge on any atom is -0.610 e. The average Bonchev–Trinajstić information content (AvgIpc) is 2.23. The number of alkyl halides is 2. The van der Waals surface area contributed by atoms with Crippen LogP contribution in [0.4, 0.5) is 0 Å². The van der Waals surface area contributed by atoms with Gasteiger partial charge >= 0.3 is 0 Å². The summed E-state index contributed by atoms with van der Waals surface area (Å²) in [5, 5.41) is 0.162. The molecule has 1 atom stereocenters. The summed E-state index contributed by atoms with van der Waals surface area (Å²) in [6.07, 6.45) is 0. The van der Waals surface area contributed by atoms with Crippen LogP contribution in [0.15, 0.2) is 4.90 Å². The Bertz CT molecular complexity index is 399. The quantitative estimate of drug-likeness (QED) is 0.221. The Morgan fingerprint density at radius 2 is 1.12 bits per heavy atom. The summed E-state index contributed by atoms with van der Waals surface area (Å²) in [6, 6.07) is 0. The topological polar surface area (TPSA) is 23.1 Å². The smallest absolute Gasteiger partial charge is 0.228 e. The standard InChI is InChI=1S/C7HBr2Cl5OS/c8-7(9)16(15)6-4(13)2(11)1(10)3(12)5(6)14/h7H. The molecule has 1 rings (SSSR count). The normalized spacial score (nSPS) is 13.3. The van der Waals surface area contributed by atoms with Crippen LogP contribution in [0, 0.1) is 0 Å². The molecule has 0 aliphatic heterocycles. The number of rotatable bonds is 2. The highest BCUT2D eigenvalue weighted by atomic mass is 79.9. The molecule has 1 aromatic rings. The highest BCUT2D eigenvalue weighted by Crippen LogP contribution is 2.47. The van der Waals surface area contributed by atoms with Crippen molar-refractivity contribution in [1.82, 2.24) is 0 Å². The molecule has 0 amide bonds. The zero-order valence-corrected chi connectivity index (χ0v) is 14.8. The van der Waals surface area contributed by atoms with Crippen molar-refractivity contribution >= 4 is 101 Å². The van der Waals surface area contributed by atoms with Crippen LogP contribution in [0.3, 0.4) is 0 Å². The summed E-state index contributed by atoms with van der Waals surface area (Å²) in [5.41, 5.74) is 0. The molecule has 0 fully saturated rings. The van der Waals surface area contributed by atoms with Crippen LogP contribution in [0.5, 0.6) is 0 Å². The van der Waals surface area contributed by atoms with Crippen molar-refractivity contribution in [2.24, 2.45) is 0 Å². The van der Waals surface area contributed by atoms with Gasteiger partial charge in [0.2, 0.25) is 3.07 Å². The van der Waals surface area contributed by atoms with E-state index >= 15 is 0 Å². The maximum Gasteiger partial charge on any atom is 0.228 e. The molecule has 16 heavy (non-hydrogen) atoms. The van der Waals surface area contributed by atoms with E-state index in [0.717, 1.165) is 0 Å². The van der Waals surface area contributed by atoms with Crippen LogP contribution in [-0.2, 0) is 11.2 Å². The Kier molecular flexibility index (Phi) is 6.39. The second-order valence-corrected chi connectivity index (χ2v) is 10.1. The molecule has 0 saturated carbocycles. The highest BCUT2D eigenvalue weighted by molar-refractivity contribution is 9.27. The van der Waals surface area contributed by atoms with E-state index in [4.69, 9.17) is 58.0 Å². The van der Waals surface area contributed by atoms with Crippen molar-refractivity contribution in [2.75, 3.05) is 0 Å². The first kappa shape index (κ1) is 16.0. The first-order valence-corrected chi connectivity index (χ1v) is 8.42. The molecule has 1 aromatic carbocycles. The molecule has 0 spiro atoms. The number of halogens is 7. The summed E-state index contributed by atoms with van der Waals surface area (Å²) in [4.78, 5) is 0.140. The van der Waals surface area contributed by atoms with Gasteiger partial charge < -0.3 is 4.55 Å². The van der Waals surface area contributed by atoms with Gasteiger partial charge in [0, 0.05) is 11.2 Å². The van der Waals surface area contributed by atoms with E-state index in [1.54, 1.807) is 0 Å². The Morgan fingerprint density at radius 1 is 0.812 bits per heavy atom. The Labute approximate surface area is 137 Å². The molecule has 1 unspecified atom stereocenters. The minimum absolute atomic E-state index is 0.0294. The molecule has 0 bridgehead atoms. The van der Waals surface area contributed by atoms with Crippen molar-refractivity contribution in [3.63, 3.8) is 0 Å². The zero-order chi connectivity index (χ0) is 12.6. The molecule has 0 saturated heterocycles. The molecular formula is C7HBr2Cl5OS. The monoisotopic (exact) mass is 466 g/mol. The molecule has 0 N–H and O–H groups in total. The zero-order valence-electron chi connectivity index (χ0n) is 7.04. The minimum atomic E-state index is -1.55. The van der Waals surface area contributed by atoms with E-state index in [-0.39, 0.29) is 30.0 Å². The highest BCUT2D eigenvalue weighted by Gasteiger charge is 2.30. The SMILES string of the molecule is [O-][S+](c1c(Cl)c(Cl)c(Cl)c(Cl)c1Cl)C(Br)Br.